The first-order chi connectivity index (χ1) is 16.7. The maximum atomic E-state index is 13.7. The summed E-state index contributed by atoms with van der Waals surface area (Å²) >= 11 is 6.56. The minimum Gasteiger partial charge on any atom is -0.353 e. The number of aryl methyl sites for hydroxylation is 1. The molecule has 0 bridgehead atoms. The Morgan fingerprint density at radius 2 is 1.94 bits per heavy atom. The molecule has 12 heteroatoms. The Balaban J connectivity index is 1.57. The van der Waals surface area contributed by atoms with Gasteiger partial charge in [-0.2, -0.15) is 0 Å². The smallest absolute Gasteiger partial charge is 0.267 e. The third-order valence-electron chi connectivity index (χ3n) is 6.78. The number of carbonyl (C=O) groups is 1. The molecule has 0 aliphatic carbocycles. The highest BCUT2D eigenvalue weighted by Crippen LogP contribution is 2.37. The van der Waals surface area contributed by atoms with E-state index in [1.807, 2.05) is 19.1 Å². The summed E-state index contributed by atoms with van der Waals surface area (Å²) in [5.41, 5.74) is 1.57. The van der Waals surface area contributed by atoms with Crippen LogP contribution in [0.3, 0.4) is 0 Å². The molecule has 3 saturated heterocycles. The summed E-state index contributed by atoms with van der Waals surface area (Å²) in [4.78, 5) is 38.0. The number of piperazine rings is 1. The molecule has 3 fully saturated rings. The summed E-state index contributed by atoms with van der Waals surface area (Å²) in [5, 5.41) is 0. The number of thiocarbonyl (C=S) groups is 1. The number of nitrogens with zero attached hydrogens (tertiary/aromatic N) is 5. The summed E-state index contributed by atoms with van der Waals surface area (Å²) in [6.07, 6.45) is 3.71. The minimum atomic E-state index is -3.18. The predicted molar refractivity (Wildman–Crippen MR) is 143 cm³/mol. The van der Waals surface area contributed by atoms with E-state index in [1.54, 1.807) is 12.3 Å². The normalized spacial score (nSPS) is 24.3. The molecule has 9 nitrogen and oxygen atoms in total. The minimum absolute atomic E-state index is 0.0525. The van der Waals surface area contributed by atoms with Crippen LogP contribution >= 0.6 is 24.0 Å². The standard InChI is InChI=1S/C23H27N5O4S3/c1-3-25-7-9-26(10-8-25)20-17(21(29)27-13-15(2)4-5-19(27)24-20)12-18-22(30)28(23(33)34-18)16-6-11-35(31,32)14-16/h4-5,12-13,16H,3,6-11,14H2,1-2H3. The number of thioether (sulfide) groups is 1. The number of hydrogen-bond acceptors (Lipinski definition) is 9. The third-order valence-corrected chi connectivity index (χ3v) is 9.86. The average Bonchev–Trinajstić information content (AvgIpc) is 3.32. The summed E-state index contributed by atoms with van der Waals surface area (Å²) in [6, 6.07) is 3.28. The number of amides is 1. The van der Waals surface area contributed by atoms with Crippen LogP contribution in [-0.4, -0.2) is 88.1 Å². The van der Waals surface area contributed by atoms with Crippen molar-refractivity contribution in [3.05, 3.63) is 44.7 Å². The van der Waals surface area contributed by atoms with Crippen molar-refractivity contribution in [1.82, 2.24) is 19.2 Å². The van der Waals surface area contributed by atoms with Crippen molar-refractivity contribution in [2.45, 2.75) is 26.3 Å². The Morgan fingerprint density at radius 3 is 2.60 bits per heavy atom. The SMILES string of the molecule is CCN1CCN(c2nc3ccc(C)cn3c(=O)c2C=C2SC(=S)N(C3CCS(=O)(=O)C3)C2=O)CC1. The molecule has 3 aliphatic heterocycles. The lowest BCUT2D eigenvalue weighted by Gasteiger charge is -2.35. The van der Waals surface area contributed by atoms with Crippen molar-refractivity contribution >= 4 is 61.6 Å². The van der Waals surface area contributed by atoms with Gasteiger partial charge in [-0.05, 0) is 37.6 Å². The molecule has 5 rings (SSSR count). The van der Waals surface area contributed by atoms with E-state index in [0.29, 0.717) is 32.7 Å². The summed E-state index contributed by atoms with van der Waals surface area (Å²) < 4.78 is 25.8. The zero-order valence-electron chi connectivity index (χ0n) is 19.6. The van der Waals surface area contributed by atoms with E-state index >= 15 is 0 Å². The lowest BCUT2D eigenvalue weighted by atomic mass is 10.2. The second-order valence-corrected chi connectivity index (χ2v) is 13.0. The Morgan fingerprint density at radius 1 is 1.20 bits per heavy atom. The molecular weight excluding hydrogens is 506 g/mol. The number of hydrogen-bond donors (Lipinski definition) is 0. The third kappa shape index (κ3) is 4.64. The Kier molecular flexibility index (Phi) is 6.49. The zero-order chi connectivity index (χ0) is 24.9. The highest BCUT2D eigenvalue weighted by Gasteiger charge is 2.42. The van der Waals surface area contributed by atoms with Crippen LogP contribution in [0.4, 0.5) is 5.82 Å². The molecule has 0 N–H and O–H groups in total. The Hall–Kier alpha value is -2.28. The van der Waals surface area contributed by atoms with Gasteiger partial charge in [0.25, 0.3) is 11.5 Å². The first kappa shape index (κ1) is 24.4. The summed E-state index contributed by atoms with van der Waals surface area (Å²) in [5.74, 6) is 0.178. The van der Waals surface area contributed by atoms with Gasteiger partial charge >= 0.3 is 0 Å². The fourth-order valence-corrected chi connectivity index (χ4v) is 7.88. The van der Waals surface area contributed by atoms with Crippen LogP contribution in [0.5, 0.6) is 0 Å². The molecule has 3 aliphatic rings. The van der Waals surface area contributed by atoms with Crippen molar-refractivity contribution in [3.8, 4) is 0 Å². The molecule has 35 heavy (non-hydrogen) atoms. The van der Waals surface area contributed by atoms with Gasteiger partial charge < -0.3 is 9.80 Å². The van der Waals surface area contributed by atoms with Crippen LogP contribution in [0, 0.1) is 6.92 Å². The number of carbonyl (C=O) groups excluding carboxylic acids is 1. The Labute approximate surface area is 213 Å². The van der Waals surface area contributed by atoms with Crippen molar-refractivity contribution in [1.29, 1.82) is 0 Å². The first-order valence-electron chi connectivity index (χ1n) is 11.6. The van der Waals surface area contributed by atoms with Crippen molar-refractivity contribution in [3.63, 3.8) is 0 Å². The van der Waals surface area contributed by atoms with E-state index in [2.05, 4.69) is 16.7 Å². The number of rotatable bonds is 4. The average molecular weight is 534 g/mol. The predicted octanol–water partition coefficient (Wildman–Crippen LogP) is 1.53. The molecule has 0 spiro atoms. The number of anilines is 1. The van der Waals surface area contributed by atoms with Gasteiger partial charge in [-0.3, -0.25) is 18.9 Å². The molecule has 1 atom stereocenters. The molecule has 2 aromatic heterocycles. The van der Waals surface area contributed by atoms with E-state index in [0.717, 1.165) is 50.0 Å². The molecule has 0 aromatic carbocycles. The van der Waals surface area contributed by atoms with Gasteiger partial charge in [0, 0.05) is 32.4 Å². The zero-order valence-corrected chi connectivity index (χ0v) is 22.1. The van der Waals surface area contributed by atoms with Gasteiger partial charge in [0.15, 0.2) is 9.84 Å². The molecule has 5 heterocycles. The summed E-state index contributed by atoms with van der Waals surface area (Å²) in [7, 11) is -3.18. The second kappa shape index (κ2) is 9.30. The highest BCUT2D eigenvalue weighted by molar-refractivity contribution is 8.26. The van der Waals surface area contributed by atoms with Gasteiger partial charge in [-0.15, -0.1) is 0 Å². The van der Waals surface area contributed by atoms with E-state index in [1.165, 1.54) is 9.30 Å². The van der Waals surface area contributed by atoms with Crippen molar-refractivity contribution in [2.24, 2.45) is 0 Å². The number of sulfone groups is 1. The van der Waals surface area contributed by atoms with Crippen LogP contribution < -0.4 is 10.5 Å². The van der Waals surface area contributed by atoms with Gasteiger partial charge in [0.05, 0.1) is 28.0 Å². The molecule has 1 amide bonds. The van der Waals surface area contributed by atoms with Gasteiger partial charge in [0.2, 0.25) is 0 Å². The molecule has 0 saturated carbocycles. The van der Waals surface area contributed by atoms with Crippen LogP contribution in [0.1, 0.15) is 24.5 Å². The number of likely N-dealkylation sites (N-methyl/N-ethyl adjacent to an activating group) is 1. The topological polar surface area (TPSA) is 95.3 Å². The quantitative estimate of drug-likeness (QED) is 0.428. The maximum Gasteiger partial charge on any atom is 0.267 e. The number of pyridine rings is 1. The highest BCUT2D eigenvalue weighted by atomic mass is 32.2. The fourth-order valence-electron chi connectivity index (χ4n) is 4.80. The van der Waals surface area contributed by atoms with E-state index in [-0.39, 0.29) is 23.0 Å². The van der Waals surface area contributed by atoms with Gasteiger partial charge in [-0.1, -0.05) is 37.0 Å². The summed E-state index contributed by atoms with van der Waals surface area (Å²) in [6.45, 7) is 8.18. The molecule has 2 aromatic rings. The van der Waals surface area contributed by atoms with Crippen molar-refractivity contribution in [2.75, 3.05) is 49.1 Å². The van der Waals surface area contributed by atoms with E-state index in [9.17, 15) is 18.0 Å². The molecule has 186 valence electrons. The Bertz CT molecular complexity index is 1410. The number of fused-ring (bicyclic) bond motifs is 1. The lowest BCUT2D eigenvalue weighted by Crippen LogP contribution is -2.47. The largest absolute Gasteiger partial charge is 0.353 e. The molecule has 1 unspecified atom stereocenters. The van der Waals surface area contributed by atoms with E-state index in [4.69, 9.17) is 17.2 Å². The first-order valence-corrected chi connectivity index (χ1v) is 14.7. The molecule has 0 radical (unpaired) electrons. The maximum absolute atomic E-state index is 13.7. The molecular formula is C23H27N5O4S3. The van der Waals surface area contributed by atoms with Crippen LogP contribution in [0.25, 0.3) is 11.7 Å². The van der Waals surface area contributed by atoms with Crippen molar-refractivity contribution < 1.29 is 13.2 Å². The lowest BCUT2D eigenvalue weighted by molar-refractivity contribution is -0.123. The monoisotopic (exact) mass is 533 g/mol. The van der Waals surface area contributed by atoms with Crippen LogP contribution in [0.2, 0.25) is 0 Å². The van der Waals surface area contributed by atoms with Crippen LogP contribution in [0.15, 0.2) is 28.0 Å². The van der Waals surface area contributed by atoms with Gasteiger partial charge in [0.1, 0.15) is 15.8 Å². The number of aromatic nitrogens is 2. The van der Waals surface area contributed by atoms with E-state index < -0.39 is 15.9 Å². The fraction of sp³-hybridized carbons (Fsp3) is 0.478. The second-order valence-electron chi connectivity index (χ2n) is 9.12. The van der Waals surface area contributed by atoms with Crippen LogP contribution in [-0.2, 0) is 14.6 Å². The van der Waals surface area contributed by atoms with Gasteiger partial charge in [-0.25, -0.2) is 13.4 Å².